The van der Waals surface area contributed by atoms with Crippen LogP contribution in [0.25, 0.3) is 0 Å². The lowest BCUT2D eigenvalue weighted by Gasteiger charge is -2.18. The van der Waals surface area contributed by atoms with Gasteiger partial charge in [-0.3, -0.25) is 0 Å². The number of aryl methyl sites for hydroxylation is 2. The Morgan fingerprint density at radius 3 is 2.48 bits per heavy atom. The molecule has 0 unspecified atom stereocenters. The molecule has 112 valence electrons. The molecule has 6 heteroatoms. The van der Waals surface area contributed by atoms with Crippen LogP contribution < -0.4 is 5.73 Å². The maximum Gasteiger partial charge on any atom is 0.244 e. The van der Waals surface area contributed by atoms with Crippen LogP contribution in [0.1, 0.15) is 16.7 Å². The van der Waals surface area contributed by atoms with Gasteiger partial charge in [0, 0.05) is 19.8 Å². The van der Waals surface area contributed by atoms with Crippen LogP contribution in [0.2, 0.25) is 0 Å². The van der Waals surface area contributed by atoms with Crippen LogP contribution in [0.4, 0.5) is 5.82 Å². The Bertz CT molecular complexity index is 740. The van der Waals surface area contributed by atoms with Gasteiger partial charge < -0.3 is 5.73 Å². The maximum absolute atomic E-state index is 12.5. The molecule has 2 N–H and O–H groups in total. The van der Waals surface area contributed by atoms with E-state index in [1.807, 2.05) is 32.0 Å². The van der Waals surface area contributed by atoms with Gasteiger partial charge in [-0.1, -0.05) is 23.8 Å². The second-order valence-electron chi connectivity index (χ2n) is 5.11. The molecule has 0 aliphatic rings. The van der Waals surface area contributed by atoms with Crippen molar-refractivity contribution in [2.24, 2.45) is 0 Å². The molecule has 0 saturated carbocycles. The number of pyridine rings is 1. The van der Waals surface area contributed by atoms with Crippen LogP contribution in [0.5, 0.6) is 0 Å². The van der Waals surface area contributed by atoms with E-state index in [1.54, 1.807) is 7.05 Å². The highest BCUT2D eigenvalue weighted by atomic mass is 32.2. The average Bonchev–Trinajstić information content (AvgIpc) is 2.42. The van der Waals surface area contributed by atoms with Crippen molar-refractivity contribution in [1.29, 1.82) is 0 Å². The Kier molecular flexibility index (Phi) is 4.29. The van der Waals surface area contributed by atoms with Gasteiger partial charge in [-0.15, -0.1) is 0 Å². The SMILES string of the molecule is Cc1ccc(CN(C)S(=O)(=O)c2ccc(N)nc2)c(C)c1. The third-order valence-electron chi connectivity index (χ3n) is 3.36. The molecule has 0 aliphatic heterocycles. The Morgan fingerprint density at radius 1 is 1.19 bits per heavy atom. The molecule has 21 heavy (non-hydrogen) atoms. The van der Waals surface area contributed by atoms with Crippen molar-refractivity contribution in [2.45, 2.75) is 25.3 Å². The summed E-state index contributed by atoms with van der Waals surface area (Å²) in [4.78, 5) is 3.98. The van der Waals surface area contributed by atoms with Crippen LogP contribution in [0, 0.1) is 13.8 Å². The van der Waals surface area contributed by atoms with Gasteiger partial charge in [0.1, 0.15) is 10.7 Å². The van der Waals surface area contributed by atoms with Crippen molar-refractivity contribution in [3.05, 3.63) is 53.2 Å². The first-order chi connectivity index (χ1) is 9.80. The Balaban J connectivity index is 2.26. The van der Waals surface area contributed by atoms with Gasteiger partial charge in [-0.05, 0) is 37.1 Å². The minimum Gasteiger partial charge on any atom is -0.384 e. The fourth-order valence-corrected chi connectivity index (χ4v) is 3.17. The Hall–Kier alpha value is -1.92. The lowest BCUT2D eigenvalue weighted by atomic mass is 10.1. The van der Waals surface area contributed by atoms with Crippen LogP contribution >= 0.6 is 0 Å². The second kappa shape index (κ2) is 5.83. The number of hydrogen-bond donors (Lipinski definition) is 1. The van der Waals surface area contributed by atoms with Crippen LogP contribution in [-0.2, 0) is 16.6 Å². The molecule has 0 radical (unpaired) electrons. The maximum atomic E-state index is 12.5. The molecular weight excluding hydrogens is 286 g/mol. The summed E-state index contributed by atoms with van der Waals surface area (Å²) in [5.41, 5.74) is 8.70. The lowest BCUT2D eigenvalue weighted by Crippen LogP contribution is -2.27. The normalized spacial score (nSPS) is 11.8. The number of nitrogen functional groups attached to an aromatic ring is 1. The van der Waals surface area contributed by atoms with Gasteiger partial charge >= 0.3 is 0 Å². The molecule has 0 saturated heterocycles. The molecule has 2 rings (SSSR count). The minimum atomic E-state index is -3.57. The van der Waals surface area contributed by atoms with Crippen molar-refractivity contribution in [2.75, 3.05) is 12.8 Å². The zero-order chi connectivity index (χ0) is 15.6. The topological polar surface area (TPSA) is 76.3 Å². The van der Waals surface area contributed by atoms with E-state index in [9.17, 15) is 8.42 Å². The number of aromatic nitrogens is 1. The second-order valence-corrected chi connectivity index (χ2v) is 7.15. The molecule has 0 spiro atoms. The first-order valence-corrected chi connectivity index (χ1v) is 7.98. The van der Waals surface area contributed by atoms with Crippen LogP contribution in [0.15, 0.2) is 41.4 Å². The van der Waals surface area contributed by atoms with E-state index >= 15 is 0 Å². The predicted octanol–water partition coefficient (Wildman–Crippen LogP) is 2.10. The van der Waals surface area contributed by atoms with E-state index < -0.39 is 10.0 Å². The standard InChI is InChI=1S/C15H19N3O2S/c1-11-4-5-13(12(2)8-11)10-18(3)21(19,20)14-6-7-15(16)17-9-14/h4-9H,10H2,1-3H3,(H2,16,17). The Labute approximate surface area is 125 Å². The third kappa shape index (κ3) is 3.40. The summed E-state index contributed by atoms with van der Waals surface area (Å²) < 4.78 is 26.3. The van der Waals surface area contributed by atoms with Gasteiger partial charge in [0.2, 0.25) is 10.0 Å². The quantitative estimate of drug-likeness (QED) is 0.938. The molecule has 0 amide bonds. The summed E-state index contributed by atoms with van der Waals surface area (Å²) in [7, 11) is -2.01. The van der Waals surface area contributed by atoms with E-state index in [1.165, 1.54) is 22.6 Å². The number of nitrogens with two attached hydrogens (primary N) is 1. The third-order valence-corrected chi connectivity index (χ3v) is 5.15. The summed E-state index contributed by atoms with van der Waals surface area (Å²) >= 11 is 0. The smallest absolute Gasteiger partial charge is 0.244 e. The molecule has 0 bridgehead atoms. The van der Waals surface area contributed by atoms with Gasteiger partial charge in [0.15, 0.2) is 0 Å². The molecule has 1 heterocycles. The average molecular weight is 305 g/mol. The summed E-state index contributed by atoms with van der Waals surface area (Å²) in [5, 5.41) is 0. The largest absolute Gasteiger partial charge is 0.384 e. The highest BCUT2D eigenvalue weighted by molar-refractivity contribution is 7.89. The zero-order valence-corrected chi connectivity index (χ0v) is 13.2. The fraction of sp³-hybridized carbons (Fsp3) is 0.267. The molecule has 1 aromatic heterocycles. The van der Waals surface area contributed by atoms with Crippen molar-refractivity contribution >= 4 is 15.8 Å². The van der Waals surface area contributed by atoms with Crippen molar-refractivity contribution in [3.8, 4) is 0 Å². The van der Waals surface area contributed by atoms with Crippen molar-refractivity contribution in [3.63, 3.8) is 0 Å². The minimum absolute atomic E-state index is 0.143. The number of anilines is 1. The fourth-order valence-electron chi connectivity index (χ4n) is 2.07. The highest BCUT2D eigenvalue weighted by Crippen LogP contribution is 2.19. The molecule has 0 aliphatic carbocycles. The molecule has 1 aromatic carbocycles. The first-order valence-electron chi connectivity index (χ1n) is 6.54. The monoisotopic (exact) mass is 305 g/mol. The van der Waals surface area contributed by atoms with Gasteiger partial charge in [0.25, 0.3) is 0 Å². The Morgan fingerprint density at radius 2 is 1.90 bits per heavy atom. The van der Waals surface area contributed by atoms with E-state index in [0.29, 0.717) is 12.4 Å². The number of rotatable bonds is 4. The van der Waals surface area contributed by atoms with Gasteiger partial charge in [-0.2, -0.15) is 4.31 Å². The lowest BCUT2D eigenvalue weighted by molar-refractivity contribution is 0.465. The molecule has 0 fully saturated rings. The van der Waals surface area contributed by atoms with E-state index in [4.69, 9.17) is 5.73 Å². The molecule has 0 atom stereocenters. The summed E-state index contributed by atoms with van der Waals surface area (Å²) in [6.45, 7) is 4.31. The number of benzene rings is 1. The zero-order valence-electron chi connectivity index (χ0n) is 12.4. The van der Waals surface area contributed by atoms with E-state index in [2.05, 4.69) is 4.98 Å². The molecule has 5 nitrogen and oxygen atoms in total. The summed E-state index contributed by atoms with van der Waals surface area (Å²) in [5.74, 6) is 0.297. The summed E-state index contributed by atoms with van der Waals surface area (Å²) in [6, 6.07) is 8.93. The highest BCUT2D eigenvalue weighted by Gasteiger charge is 2.21. The van der Waals surface area contributed by atoms with Gasteiger partial charge in [0.05, 0.1) is 0 Å². The predicted molar refractivity (Wildman–Crippen MR) is 83.2 cm³/mol. The molecular formula is C15H19N3O2S. The summed E-state index contributed by atoms with van der Waals surface area (Å²) in [6.07, 6.45) is 1.28. The van der Waals surface area contributed by atoms with Crippen molar-refractivity contribution < 1.29 is 8.42 Å². The van der Waals surface area contributed by atoms with E-state index in [0.717, 1.165) is 16.7 Å². The number of hydrogen-bond acceptors (Lipinski definition) is 4. The van der Waals surface area contributed by atoms with E-state index in [-0.39, 0.29) is 4.90 Å². The van der Waals surface area contributed by atoms with Crippen LogP contribution in [0.3, 0.4) is 0 Å². The van der Waals surface area contributed by atoms with Crippen molar-refractivity contribution in [1.82, 2.24) is 9.29 Å². The van der Waals surface area contributed by atoms with Crippen LogP contribution in [-0.4, -0.2) is 24.8 Å². The number of nitrogens with zero attached hydrogens (tertiary/aromatic N) is 2. The first kappa shape index (κ1) is 15.5. The molecule has 2 aromatic rings. The number of sulfonamides is 1. The van der Waals surface area contributed by atoms with Gasteiger partial charge in [-0.25, -0.2) is 13.4 Å².